The summed E-state index contributed by atoms with van der Waals surface area (Å²) in [6.45, 7) is 4.66. The summed E-state index contributed by atoms with van der Waals surface area (Å²) in [6.07, 6.45) is 23.9. The van der Waals surface area contributed by atoms with E-state index in [0.29, 0.717) is 13.0 Å². The van der Waals surface area contributed by atoms with E-state index in [-0.39, 0.29) is 5.97 Å². The zero-order chi connectivity index (χ0) is 17.7. The molecule has 0 atom stereocenters. The van der Waals surface area contributed by atoms with Crippen molar-refractivity contribution in [1.29, 1.82) is 0 Å². The Morgan fingerprint density at radius 1 is 0.542 bits per heavy atom. The van der Waals surface area contributed by atoms with Crippen molar-refractivity contribution in [3.63, 3.8) is 0 Å². The molecule has 0 radical (unpaired) electrons. The fourth-order valence-corrected chi connectivity index (χ4v) is 3.23. The van der Waals surface area contributed by atoms with Gasteiger partial charge in [-0.3, -0.25) is 4.79 Å². The Balaban J connectivity index is 3.01. The molecule has 0 saturated carbocycles. The van der Waals surface area contributed by atoms with E-state index in [1.165, 1.54) is 103 Å². The summed E-state index contributed by atoms with van der Waals surface area (Å²) >= 11 is 0. The van der Waals surface area contributed by atoms with E-state index in [4.69, 9.17) is 4.74 Å². The predicted molar refractivity (Wildman–Crippen MR) is 105 cm³/mol. The monoisotopic (exact) mass is 340 g/mol. The first-order valence-corrected chi connectivity index (χ1v) is 11.0. The molecule has 0 bridgehead atoms. The van der Waals surface area contributed by atoms with E-state index in [2.05, 4.69) is 6.92 Å². The Bertz CT molecular complexity index is 250. The number of hydrogen-bond acceptors (Lipinski definition) is 2. The Hall–Kier alpha value is -0.530. The molecule has 24 heavy (non-hydrogen) atoms. The maximum Gasteiger partial charge on any atom is 0.305 e. The van der Waals surface area contributed by atoms with Gasteiger partial charge in [-0.25, -0.2) is 0 Å². The van der Waals surface area contributed by atoms with E-state index in [1.807, 2.05) is 6.92 Å². The van der Waals surface area contributed by atoms with Gasteiger partial charge in [0.05, 0.1) is 6.61 Å². The van der Waals surface area contributed by atoms with E-state index in [0.717, 1.165) is 6.42 Å². The zero-order valence-electron chi connectivity index (χ0n) is 16.8. The summed E-state index contributed by atoms with van der Waals surface area (Å²) in [6, 6.07) is 0. The fourth-order valence-electron chi connectivity index (χ4n) is 3.23. The minimum atomic E-state index is -0.0292. The van der Waals surface area contributed by atoms with Crippen molar-refractivity contribution in [2.24, 2.45) is 0 Å². The largest absolute Gasteiger partial charge is 0.466 e. The van der Waals surface area contributed by atoms with Gasteiger partial charge in [0.25, 0.3) is 0 Å². The SMILES string of the molecule is CCCCCCCCCCCCCCCCCCCC(=O)OCC. The van der Waals surface area contributed by atoms with Crippen molar-refractivity contribution >= 4 is 5.97 Å². The molecule has 0 heterocycles. The summed E-state index contributed by atoms with van der Waals surface area (Å²) in [7, 11) is 0. The molecule has 0 spiro atoms. The number of hydrogen-bond donors (Lipinski definition) is 0. The van der Waals surface area contributed by atoms with Crippen molar-refractivity contribution in [2.45, 2.75) is 129 Å². The van der Waals surface area contributed by atoms with Gasteiger partial charge in [-0.1, -0.05) is 110 Å². The van der Waals surface area contributed by atoms with Gasteiger partial charge in [0.1, 0.15) is 0 Å². The lowest BCUT2D eigenvalue weighted by atomic mass is 10.0. The molecule has 0 saturated heterocycles. The molecule has 144 valence electrons. The highest BCUT2D eigenvalue weighted by Crippen LogP contribution is 2.14. The number of carbonyl (C=O) groups is 1. The van der Waals surface area contributed by atoms with Crippen molar-refractivity contribution in [1.82, 2.24) is 0 Å². The first-order chi connectivity index (χ1) is 11.8. The van der Waals surface area contributed by atoms with Crippen LogP contribution >= 0.6 is 0 Å². The van der Waals surface area contributed by atoms with Gasteiger partial charge in [-0.15, -0.1) is 0 Å². The van der Waals surface area contributed by atoms with Crippen LogP contribution in [-0.2, 0) is 9.53 Å². The number of esters is 1. The highest BCUT2D eigenvalue weighted by atomic mass is 16.5. The second kappa shape index (κ2) is 20.5. The second-order valence-electron chi connectivity index (χ2n) is 7.21. The average molecular weight is 341 g/mol. The highest BCUT2D eigenvalue weighted by molar-refractivity contribution is 5.69. The fraction of sp³-hybridized carbons (Fsp3) is 0.955. The third-order valence-corrected chi connectivity index (χ3v) is 4.79. The smallest absolute Gasteiger partial charge is 0.305 e. The predicted octanol–water partition coefficient (Wildman–Crippen LogP) is 7.59. The first-order valence-electron chi connectivity index (χ1n) is 11.0. The van der Waals surface area contributed by atoms with Crippen molar-refractivity contribution < 1.29 is 9.53 Å². The third kappa shape index (κ3) is 19.5. The van der Waals surface area contributed by atoms with Gasteiger partial charge in [-0.2, -0.15) is 0 Å². The minimum absolute atomic E-state index is 0.0292. The summed E-state index contributed by atoms with van der Waals surface area (Å²) < 4.78 is 4.93. The highest BCUT2D eigenvalue weighted by Gasteiger charge is 2.00. The zero-order valence-corrected chi connectivity index (χ0v) is 16.8. The van der Waals surface area contributed by atoms with Crippen LogP contribution in [0.3, 0.4) is 0 Å². The quantitative estimate of drug-likeness (QED) is 0.179. The molecule has 0 aliphatic carbocycles. The molecular formula is C22H44O2. The van der Waals surface area contributed by atoms with Crippen LogP contribution in [0.25, 0.3) is 0 Å². The van der Waals surface area contributed by atoms with Crippen LogP contribution in [0.4, 0.5) is 0 Å². The summed E-state index contributed by atoms with van der Waals surface area (Å²) in [5.41, 5.74) is 0. The van der Waals surface area contributed by atoms with Gasteiger partial charge in [0.2, 0.25) is 0 Å². The minimum Gasteiger partial charge on any atom is -0.466 e. The maximum absolute atomic E-state index is 11.2. The van der Waals surface area contributed by atoms with E-state index in [9.17, 15) is 4.79 Å². The van der Waals surface area contributed by atoms with Gasteiger partial charge >= 0.3 is 5.97 Å². The number of ether oxygens (including phenoxy) is 1. The average Bonchev–Trinajstić information content (AvgIpc) is 2.58. The molecule has 2 nitrogen and oxygen atoms in total. The van der Waals surface area contributed by atoms with Crippen molar-refractivity contribution in [3.8, 4) is 0 Å². The van der Waals surface area contributed by atoms with Crippen LogP contribution in [-0.4, -0.2) is 12.6 Å². The first kappa shape index (κ1) is 23.5. The lowest BCUT2D eigenvalue weighted by Gasteiger charge is -2.04. The Kier molecular flexibility index (Phi) is 20.1. The molecule has 0 aromatic heterocycles. The van der Waals surface area contributed by atoms with Gasteiger partial charge in [-0.05, 0) is 13.3 Å². The molecule has 0 rings (SSSR count). The van der Waals surface area contributed by atoms with E-state index in [1.54, 1.807) is 0 Å². The third-order valence-electron chi connectivity index (χ3n) is 4.79. The standard InChI is InChI=1S/C22H44O2/c1-3-5-6-7-8-9-10-11-12-13-14-15-16-17-18-19-20-21-22(23)24-4-2/h3-21H2,1-2H3. The van der Waals surface area contributed by atoms with Crippen LogP contribution in [0.15, 0.2) is 0 Å². The van der Waals surface area contributed by atoms with Crippen LogP contribution in [0, 0.1) is 0 Å². The Morgan fingerprint density at radius 2 is 0.875 bits per heavy atom. The maximum atomic E-state index is 11.2. The molecular weight excluding hydrogens is 296 g/mol. The summed E-state index contributed by atoms with van der Waals surface area (Å²) in [5, 5.41) is 0. The van der Waals surface area contributed by atoms with Gasteiger partial charge < -0.3 is 4.74 Å². The van der Waals surface area contributed by atoms with Crippen molar-refractivity contribution in [3.05, 3.63) is 0 Å². The molecule has 0 unspecified atom stereocenters. The molecule has 2 heteroatoms. The van der Waals surface area contributed by atoms with Crippen LogP contribution in [0.2, 0.25) is 0 Å². The summed E-state index contributed by atoms with van der Waals surface area (Å²) in [4.78, 5) is 11.2. The molecule has 0 amide bonds. The molecule has 0 aliphatic rings. The molecule has 0 fully saturated rings. The molecule has 0 aromatic carbocycles. The van der Waals surface area contributed by atoms with Gasteiger partial charge in [0, 0.05) is 6.42 Å². The van der Waals surface area contributed by atoms with Crippen LogP contribution in [0.5, 0.6) is 0 Å². The Labute approximate surface area is 152 Å². The second-order valence-corrected chi connectivity index (χ2v) is 7.21. The van der Waals surface area contributed by atoms with Crippen LogP contribution in [0.1, 0.15) is 129 Å². The topological polar surface area (TPSA) is 26.3 Å². The van der Waals surface area contributed by atoms with E-state index < -0.39 is 0 Å². The number of unbranched alkanes of at least 4 members (excludes halogenated alkanes) is 16. The molecule has 0 aliphatic heterocycles. The summed E-state index contributed by atoms with van der Waals surface area (Å²) in [5.74, 6) is -0.0292. The van der Waals surface area contributed by atoms with Crippen LogP contribution < -0.4 is 0 Å². The molecule has 0 N–H and O–H groups in total. The van der Waals surface area contributed by atoms with Crippen molar-refractivity contribution in [2.75, 3.05) is 6.61 Å². The normalized spacial score (nSPS) is 10.9. The lowest BCUT2D eigenvalue weighted by Crippen LogP contribution is -2.03. The Morgan fingerprint density at radius 3 is 1.21 bits per heavy atom. The van der Waals surface area contributed by atoms with Gasteiger partial charge in [0.15, 0.2) is 0 Å². The lowest BCUT2D eigenvalue weighted by molar-refractivity contribution is -0.143. The number of rotatable bonds is 19. The molecule has 0 aromatic rings. The number of carbonyl (C=O) groups excluding carboxylic acids is 1. The van der Waals surface area contributed by atoms with E-state index >= 15 is 0 Å².